The van der Waals surface area contributed by atoms with E-state index >= 15 is 0 Å². The van der Waals surface area contributed by atoms with E-state index in [9.17, 15) is 14.7 Å². The molecule has 0 spiro atoms. The van der Waals surface area contributed by atoms with Gasteiger partial charge in [-0.2, -0.15) is 5.06 Å². The number of carboxylic acid groups (broad SMARTS) is 1. The predicted molar refractivity (Wildman–Crippen MR) is 104 cm³/mol. The number of H-pyrrole nitrogens is 1. The van der Waals surface area contributed by atoms with Gasteiger partial charge >= 0.3 is 11.9 Å². The number of hydroxylamine groups is 2. The van der Waals surface area contributed by atoms with Gasteiger partial charge in [0, 0.05) is 29.9 Å². The van der Waals surface area contributed by atoms with Crippen LogP contribution in [0.3, 0.4) is 0 Å². The summed E-state index contributed by atoms with van der Waals surface area (Å²) < 4.78 is 5.38. The Kier molecular flexibility index (Phi) is 4.15. The van der Waals surface area contributed by atoms with Crippen LogP contribution in [-0.2, 0) is 25.6 Å². The molecule has 7 heteroatoms. The Balaban J connectivity index is 1.51. The largest absolute Gasteiger partial charge is 0.479 e. The molecular formula is C22H20N2O5. The highest BCUT2D eigenvalue weighted by Gasteiger charge is 2.58. The Morgan fingerprint density at radius 2 is 1.90 bits per heavy atom. The number of ether oxygens (including phenoxy) is 1. The molecule has 0 unspecified atom stereocenters. The summed E-state index contributed by atoms with van der Waals surface area (Å²) in [6, 6.07) is 16.2. The Morgan fingerprint density at radius 1 is 1.14 bits per heavy atom. The number of nitrogens with one attached hydrogen (secondary N) is 1. The second-order valence-corrected chi connectivity index (χ2v) is 7.56. The fourth-order valence-corrected chi connectivity index (χ4v) is 4.31. The number of aromatic amines is 1. The smallest absolute Gasteiger partial charge is 0.338 e. The van der Waals surface area contributed by atoms with Crippen LogP contribution in [0.2, 0.25) is 0 Å². The third-order valence-corrected chi connectivity index (χ3v) is 5.80. The van der Waals surface area contributed by atoms with E-state index in [4.69, 9.17) is 9.57 Å². The number of fused-ring (bicyclic) bond motifs is 2. The number of carboxylic acids is 1. The Hall–Kier alpha value is -3.16. The zero-order chi connectivity index (χ0) is 20.0. The van der Waals surface area contributed by atoms with Crippen LogP contribution in [0.5, 0.6) is 0 Å². The zero-order valence-electron chi connectivity index (χ0n) is 15.6. The van der Waals surface area contributed by atoms with E-state index < -0.39 is 23.6 Å². The quantitative estimate of drug-likeness (QED) is 0.664. The van der Waals surface area contributed by atoms with Gasteiger partial charge in [-0.1, -0.05) is 48.5 Å². The van der Waals surface area contributed by atoms with Crippen molar-refractivity contribution in [3.8, 4) is 0 Å². The number of aromatic nitrogens is 1. The Bertz CT molecular complexity index is 1080. The van der Waals surface area contributed by atoms with E-state index in [1.165, 1.54) is 5.06 Å². The number of rotatable bonds is 4. The fourth-order valence-electron chi connectivity index (χ4n) is 4.31. The van der Waals surface area contributed by atoms with E-state index in [1.54, 1.807) is 0 Å². The molecule has 3 atom stereocenters. The van der Waals surface area contributed by atoms with Crippen molar-refractivity contribution in [2.45, 2.75) is 30.5 Å². The average molecular weight is 392 g/mol. The molecule has 3 heterocycles. The third-order valence-electron chi connectivity index (χ3n) is 5.80. The minimum atomic E-state index is -1.54. The predicted octanol–water partition coefficient (Wildman–Crippen LogP) is 2.84. The van der Waals surface area contributed by atoms with Crippen molar-refractivity contribution in [2.24, 2.45) is 0 Å². The molecule has 0 radical (unpaired) electrons. The molecule has 2 fully saturated rings. The van der Waals surface area contributed by atoms with Gasteiger partial charge in [0.1, 0.15) is 12.6 Å². The topological polar surface area (TPSA) is 91.9 Å². The van der Waals surface area contributed by atoms with E-state index in [0.29, 0.717) is 0 Å². The van der Waals surface area contributed by atoms with E-state index in [1.807, 2.05) is 60.8 Å². The lowest BCUT2D eigenvalue weighted by Gasteiger charge is -2.35. The number of esters is 1. The Labute approximate surface area is 166 Å². The summed E-state index contributed by atoms with van der Waals surface area (Å²) in [7, 11) is 0. The third kappa shape index (κ3) is 2.90. The van der Waals surface area contributed by atoms with Crippen molar-refractivity contribution in [3.63, 3.8) is 0 Å². The first-order valence-corrected chi connectivity index (χ1v) is 9.55. The van der Waals surface area contributed by atoms with Crippen LogP contribution in [0, 0.1) is 0 Å². The average Bonchev–Trinajstić information content (AvgIpc) is 3.33. The molecule has 5 rings (SSSR count). The van der Waals surface area contributed by atoms with Crippen molar-refractivity contribution in [1.82, 2.24) is 10.0 Å². The maximum absolute atomic E-state index is 12.4. The number of hydrogen-bond acceptors (Lipinski definition) is 5. The number of nitrogens with zero attached hydrogens (tertiary/aromatic N) is 1. The summed E-state index contributed by atoms with van der Waals surface area (Å²) in [5.74, 6) is -1.53. The molecule has 148 valence electrons. The molecule has 2 aliphatic heterocycles. The van der Waals surface area contributed by atoms with Crippen LogP contribution in [0.15, 0.2) is 60.8 Å². The maximum Gasteiger partial charge on any atom is 0.338 e. The van der Waals surface area contributed by atoms with Gasteiger partial charge in [-0.05, 0) is 17.2 Å². The second kappa shape index (κ2) is 6.72. The van der Waals surface area contributed by atoms with Gasteiger partial charge in [0.25, 0.3) is 0 Å². The zero-order valence-corrected chi connectivity index (χ0v) is 15.6. The minimum absolute atomic E-state index is 0.0318. The minimum Gasteiger partial charge on any atom is -0.479 e. The molecule has 0 amide bonds. The summed E-state index contributed by atoms with van der Waals surface area (Å²) in [4.78, 5) is 34.1. The molecule has 2 aromatic carbocycles. The van der Waals surface area contributed by atoms with Crippen LogP contribution < -0.4 is 0 Å². The van der Waals surface area contributed by atoms with Crippen molar-refractivity contribution in [1.29, 1.82) is 0 Å². The molecule has 2 saturated heterocycles. The van der Waals surface area contributed by atoms with Gasteiger partial charge in [-0.15, -0.1) is 0 Å². The van der Waals surface area contributed by atoms with Crippen LogP contribution in [-0.4, -0.2) is 45.3 Å². The molecule has 0 aliphatic carbocycles. The lowest BCUT2D eigenvalue weighted by molar-refractivity contribution is -0.252. The lowest BCUT2D eigenvalue weighted by Crippen LogP contribution is -2.46. The standard InChI is InChI=1S/C22H20N2O5/c25-20-18-11-22(21(26)27,10-15-12-23-17-9-5-4-8-16(15)17)29-24(18)19(13-28-20)14-6-2-1-3-7-14/h1-9,12,18-19,23H,10-11,13H2,(H,26,27)/t18-,19+,22+/m0/s1. The van der Waals surface area contributed by atoms with E-state index in [0.717, 1.165) is 22.0 Å². The first kappa shape index (κ1) is 17.9. The normalized spacial score (nSPS) is 27.0. The highest BCUT2D eigenvalue weighted by atomic mass is 16.7. The number of aliphatic carboxylic acids is 1. The van der Waals surface area contributed by atoms with Crippen molar-refractivity contribution in [2.75, 3.05) is 6.61 Å². The van der Waals surface area contributed by atoms with Gasteiger partial charge in [-0.3, -0.25) is 9.63 Å². The van der Waals surface area contributed by atoms with Gasteiger partial charge in [-0.25, -0.2) is 4.79 Å². The maximum atomic E-state index is 12.4. The number of carbonyl (C=O) groups is 2. The first-order chi connectivity index (χ1) is 14.1. The lowest BCUT2D eigenvalue weighted by atomic mass is 9.88. The molecule has 7 nitrogen and oxygen atoms in total. The Morgan fingerprint density at radius 3 is 2.69 bits per heavy atom. The molecule has 2 N–H and O–H groups in total. The molecule has 29 heavy (non-hydrogen) atoms. The summed E-state index contributed by atoms with van der Waals surface area (Å²) >= 11 is 0. The van der Waals surface area contributed by atoms with Crippen molar-refractivity contribution >= 4 is 22.8 Å². The number of para-hydroxylation sites is 1. The first-order valence-electron chi connectivity index (χ1n) is 9.55. The molecular weight excluding hydrogens is 372 g/mol. The van der Waals surface area contributed by atoms with Gasteiger partial charge < -0.3 is 14.8 Å². The summed E-state index contributed by atoms with van der Waals surface area (Å²) in [5.41, 5.74) is 1.15. The number of benzene rings is 2. The van der Waals surface area contributed by atoms with Crippen LogP contribution in [0.25, 0.3) is 10.9 Å². The number of hydrogen-bond donors (Lipinski definition) is 2. The van der Waals surface area contributed by atoms with Gasteiger partial charge in [0.2, 0.25) is 0 Å². The van der Waals surface area contributed by atoms with E-state index in [-0.39, 0.29) is 25.5 Å². The monoisotopic (exact) mass is 392 g/mol. The number of carbonyl (C=O) groups excluding carboxylic acids is 1. The van der Waals surface area contributed by atoms with Crippen LogP contribution >= 0.6 is 0 Å². The van der Waals surface area contributed by atoms with Crippen molar-refractivity contribution in [3.05, 3.63) is 71.9 Å². The van der Waals surface area contributed by atoms with E-state index in [2.05, 4.69) is 4.98 Å². The molecule has 3 aromatic rings. The molecule has 0 saturated carbocycles. The highest BCUT2D eigenvalue weighted by Crippen LogP contribution is 2.43. The summed E-state index contributed by atoms with van der Waals surface area (Å²) in [6.45, 7) is 0.127. The summed E-state index contributed by atoms with van der Waals surface area (Å²) in [5, 5.41) is 12.6. The second-order valence-electron chi connectivity index (χ2n) is 7.56. The molecule has 2 aliphatic rings. The van der Waals surface area contributed by atoms with Gasteiger partial charge in [0.15, 0.2) is 5.60 Å². The summed E-state index contributed by atoms with van der Waals surface area (Å²) in [6.07, 6.45) is 1.99. The highest BCUT2D eigenvalue weighted by molar-refractivity contribution is 5.86. The van der Waals surface area contributed by atoms with Crippen LogP contribution in [0.1, 0.15) is 23.6 Å². The SMILES string of the molecule is O=C1OC[C@H](c2ccccc2)N2O[C@@](Cc3c[nH]c4ccccc34)(C(=O)O)C[C@@H]12. The van der Waals surface area contributed by atoms with Crippen molar-refractivity contribution < 1.29 is 24.3 Å². The molecule has 1 aromatic heterocycles. The van der Waals surface area contributed by atoms with Gasteiger partial charge in [0.05, 0.1) is 6.04 Å². The number of morpholine rings is 1. The molecule has 0 bridgehead atoms. The number of cyclic esters (lactones) is 1. The fraction of sp³-hybridized carbons (Fsp3) is 0.273. The van der Waals surface area contributed by atoms with Crippen LogP contribution in [0.4, 0.5) is 0 Å².